The van der Waals surface area contributed by atoms with Crippen LogP contribution in [-0.2, 0) is 16.8 Å². The second-order valence-corrected chi connectivity index (χ2v) is 5.41. The van der Waals surface area contributed by atoms with Gasteiger partial charge in [0.1, 0.15) is 0 Å². The molecule has 0 aliphatic carbocycles. The first kappa shape index (κ1) is 14.3. The van der Waals surface area contributed by atoms with Gasteiger partial charge in [-0.15, -0.1) is 0 Å². The van der Waals surface area contributed by atoms with Gasteiger partial charge < -0.3 is 5.32 Å². The van der Waals surface area contributed by atoms with E-state index in [9.17, 15) is 9.59 Å². The largest absolute Gasteiger partial charge is 0.325 e. The number of carbonyl (C=O) groups is 2. The van der Waals surface area contributed by atoms with E-state index in [1.54, 1.807) is 6.92 Å². The van der Waals surface area contributed by atoms with Crippen LogP contribution >= 0.6 is 0 Å². The normalized spacial score (nSPS) is 21.0. The highest BCUT2D eigenvalue weighted by atomic mass is 16.2. The number of nitrogens with zero attached hydrogens (tertiary/aromatic N) is 1. The molecule has 0 aromatic heterocycles. The summed E-state index contributed by atoms with van der Waals surface area (Å²) in [5, 5.41) is 2.92. The van der Waals surface area contributed by atoms with Crippen molar-refractivity contribution in [3.8, 4) is 0 Å². The van der Waals surface area contributed by atoms with E-state index in [0.717, 1.165) is 11.1 Å². The highest BCUT2D eigenvalue weighted by Crippen LogP contribution is 2.32. The molecule has 0 bridgehead atoms. The van der Waals surface area contributed by atoms with E-state index in [4.69, 9.17) is 0 Å². The third kappa shape index (κ3) is 2.26. The molecule has 0 saturated carbocycles. The molecule has 1 fully saturated rings. The maximum atomic E-state index is 12.9. The van der Waals surface area contributed by atoms with Crippen LogP contribution in [0.2, 0.25) is 0 Å². The fourth-order valence-electron chi connectivity index (χ4n) is 2.96. The van der Waals surface area contributed by atoms with Gasteiger partial charge in [0.15, 0.2) is 5.54 Å². The van der Waals surface area contributed by atoms with Gasteiger partial charge in [0, 0.05) is 13.0 Å². The summed E-state index contributed by atoms with van der Waals surface area (Å²) < 4.78 is 0. The van der Waals surface area contributed by atoms with Crippen molar-refractivity contribution in [2.24, 2.45) is 0 Å². The van der Waals surface area contributed by atoms with E-state index < -0.39 is 5.54 Å². The van der Waals surface area contributed by atoms with Crippen molar-refractivity contribution < 1.29 is 9.59 Å². The predicted molar refractivity (Wildman–Crippen MR) is 84.2 cm³/mol. The first-order valence-corrected chi connectivity index (χ1v) is 7.41. The van der Waals surface area contributed by atoms with E-state index in [2.05, 4.69) is 5.32 Å². The molecule has 0 radical (unpaired) electrons. The molecule has 3 rings (SSSR count). The maximum Gasteiger partial charge on any atom is 0.325 e. The molecule has 4 heteroatoms. The van der Waals surface area contributed by atoms with E-state index in [1.165, 1.54) is 4.90 Å². The zero-order valence-corrected chi connectivity index (χ0v) is 12.5. The number of likely N-dealkylation sites (N-methyl/N-ethyl adjacent to an activating group) is 1. The molecular formula is C18H18N2O2. The number of urea groups is 1. The Kier molecular flexibility index (Phi) is 3.67. The minimum atomic E-state index is -1.02. The molecular weight excluding hydrogens is 276 g/mol. The van der Waals surface area contributed by atoms with Gasteiger partial charge in [0.2, 0.25) is 0 Å². The first-order valence-electron chi connectivity index (χ1n) is 7.41. The molecule has 2 aromatic carbocycles. The van der Waals surface area contributed by atoms with Gasteiger partial charge in [-0.25, -0.2) is 4.79 Å². The molecule has 1 atom stereocenters. The average molecular weight is 294 g/mol. The van der Waals surface area contributed by atoms with Gasteiger partial charge >= 0.3 is 6.03 Å². The van der Waals surface area contributed by atoms with Gasteiger partial charge in [0.05, 0.1) is 0 Å². The van der Waals surface area contributed by atoms with Gasteiger partial charge in [0.25, 0.3) is 5.91 Å². The van der Waals surface area contributed by atoms with Crippen LogP contribution in [0.25, 0.3) is 0 Å². The Bertz CT molecular complexity index is 685. The lowest BCUT2D eigenvalue weighted by Gasteiger charge is -2.27. The van der Waals surface area contributed by atoms with Crippen molar-refractivity contribution in [2.45, 2.75) is 18.9 Å². The number of hydrogen-bond donors (Lipinski definition) is 1. The summed E-state index contributed by atoms with van der Waals surface area (Å²) in [4.78, 5) is 26.4. The summed E-state index contributed by atoms with van der Waals surface area (Å²) in [5.41, 5.74) is 0.807. The minimum absolute atomic E-state index is 0.185. The Labute approximate surface area is 129 Å². The maximum absolute atomic E-state index is 12.9. The van der Waals surface area contributed by atoms with Crippen LogP contribution in [0.15, 0.2) is 60.7 Å². The summed E-state index contributed by atoms with van der Waals surface area (Å²) in [6.07, 6.45) is 0.443. The number of rotatable bonds is 4. The number of benzene rings is 2. The topological polar surface area (TPSA) is 49.4 Å². The van der Waals surface area contributed by atoms with Crippen molar-refractivity contribution in [1.82, 2.24) is 10.2 Å². The number of hydrogen-bond acceptors (Lipinski definition) is 2. The second kappa shape index (κ2) is 5.64. The number of imide groups is 1. The van der Waals surface area contributed by atoms with Crippen LogP contribution in [0.3, 0.4) is 0 Å². The monoisotopic (exact) mass is 294 g/mol. The number of carbonyl (C=O) groups excluding carboxylic acids is 2. The Morgan fingerprint density at radius 3 is 2.09 bits per heavy atom. The van der Waals surface area contributed by atoms with Crippen molar-refractivity contribution in [3.63, 3.8) is 0 Å². The molecule has 2 aromatic rings. The molecule has 0 unspecified atom stereocenters. The third-order valence-corrected chi connectivity index (χ3v) is 4.07. The summed E-state index contributed by atoms with van der Waals surface area (Å²) >= 11 is 0. The van der Waals surface area contributed by atoms with Crippen molar-refractivity contribution >= 4 is 11.9 Å². The summed E-state index contributed by atoms with van der Waals surface area (Å²) in [7, 11) is 0. The zero-order chi connectivity index (χ0) is 15.6. The zero-order valence-electron chi connectivity index (χ0n) is 12.5. The first-order chi connectivity index (χ1) is 10.7. The molecule has 1 aliphatic rings. The van der Waals surface area contributed by atoms with Crippen molar-refractivity contribution in [2.75, 3.05) is 6.54 Å². The fraction of sp³-hybridized carbons (Fsp3) is 0.222. The van der Waals surface area contributed by atoms with Crippen molar-refractivity contribution in [1.29, 1.82) is 0 Å². The highest BCUT2D eigenvalue weighted by molar-refractivity contribution is 6.07. The lowest BCUT2D eigenvalue weighted by Crippen LogP contribution is -2.46. The molecule has 112 valence electrons. The smallest absolute Gasteiger partial charge is 0.319 e. The quantitative estimate of drug-likeness (QED) is 0.881. The van der Waals surface area contributed by atoms with Gasteiger partial charge in [-0.05, 0) is 18.1 Å². The van der Waals surface area contributed by atoms with Crippen molar-refractivity contribution in [3.05, 3.63) is 71.8 Å². The average Bonchev–Trinajstić information content (AvgIpc) is 2.80. The molecule has 1 N–H and O–H groups in total. The SMILES string of the molecule is CCN1C(=O)N[C@](Cc2ccccc2)(c2ccccc2)C1=O. The summed E-state index contributed by atoms with van der Waals surface area (Å²) in [6, 6.07) is 18.9. The molecule has 1 saturated heterocycles. The summed E-state index contributed by atoms with van der Waals surface area (Å²) in [6.45, 7) is 2.18. The standard InChI is InChI=1S/C18H18N2O2/c1-2-20-16(21)18(19-17(20)22,15-11-7-4-8-12-15)13-14-9-5-3-6-10-14/h3-12H,2,13H2,1H3,(H,19,22)/t18-/m1/s1. The van der Waals surface area contributed by atoms with E-state index >= 15 is 0 Å². The highest BCUT2D eigenvalue weighted by Gasteiger charge is 2.51. The molecule has 1 heterocycles. The second-order valence-electron chi connectivity index (χ2n) is 5.41. The molecule has 1 aliphatic heterocycles. The van der Waals surface area contributed by atoms with Crippen LogP contribution in [0.5, 0.6) is 0 Å². The van der Waals surface area contributed by atoms with Crippen LogP contribution in [0.4, 0.5) is 4.79 Å². The predicted octanol–water partition coefficient (Wildman–Crippen LogP) is 2.70. The number of amides is 3. The van der Waals surface area contributed by atoms with Gasteiger partial charge in [-0.2, -0.15) is 0 Å². The third-order valence-electron chi connectivity index (χ3n) is 4.07. The summed E-state index contributed by atoms with van der Waals surface area (Å²) in [5.74, 6) is -0.185. The Morgan fingerprint density at radius 2 is 1.55 bits per heavy atom. The van der Waals surface area contributed by atoms with Crippen LogP contribution in [0, 0.1) is 0 Å². The minimum Gasteiger partial charge on any atom is -0.319 e. The Morgan fingerprint density at radius 1 is 0.955 bits per heavy atom. The van der Waals surface area contributed by atoms with E-state index in [-0.39, 0.29) is 11.9 Å². The number of nitrogens with one attached hydrogen (secondary N) is 1. The molecule has 22 heavy (non-hydrogen) atoms. The van der Waals surface area contributed by atoms with Gasteiger partial charge in [-0.1, -0.05) is 60.7 Å². The molecule has 3 amide bonds. The Balaban J connectivity index is 2.08. The molecule has 4 nitrogen and oxygen atoms in total. The van der Waals surface area contributed by atoms with Crippen LogP contribution < -0.4 is 5.32 Å². The van der Waals surface area contributed by atoms with E-state index in [1.807, 2.05) is 60.7 Å². The molecule has 0 spiro atoms. The Hall–Kier alpha value is -2.62. The lowest BCUT2D eigenvalue weighted by molar-refractivity contribution is -0.131. The van der Waals surface area contributed by atoms with Gasteiger partial charge in [-0.3, -0.25) is 9.69 Å². The van der Waals surface area contributed by atoms with E-state index in [0.29, 0.717) is 13.0 Å². The fourth-order valence-corrected chi connectivity index (χ4v) is 2.96. The van der Waals surface area contributed by atoms with Crippen LogP contribution in [-0.4, -0.2) is 23.4 Å². The van der Waals surface area contributed by atoms with Crippen LogP contribution in [0.1, 0.15) is 18.1 Å². The lowest BCUT2D eigenvalue weighted by atomic mass is 9.83.